The maximum Gasteiger partial charge on any atom is 0.323 e. The summed E-state index contributed by atoms with van der Waals surface area (Å²) in [6.45, 7) is 1.35. The Labute approximate surface area is 158 Å². The second-order valence-electron chi connectivity index (χ2n) is 6.27. The van der Waals surface area contributed by atoms with E-state index in [0.29, 0.717) is 26.3 Å². The highest BCUT2D eigenvalue weighted by atomic mass is 35.5. The molecule has 2 N–H and O–H groups in total. The molecule has 0 bridgehead atoms. The number of ether oxygens (including phenoxy) is 1. The lowest BCUT2D eigenvalue weighted by Gasteiger charge is -2.26. The van der Waals surface area contributed by atoms with Gasteiger partial charge < -0.3 is 15.4 Å². The number of nitrogens with one attached hydrogen (secondary N) is 2. The Bertz CT molecular complexity index is 796. The average molecular weight is 400 g/mol. The zero-order valence-corrected chi connectivity index (χ0v) is 15.9. The number of hydrogen-bond donors (Lipinski definition) is 2. The SMILES string of the molecule is O=C(NC=C1CCCC1)Nc1cc(S(=O)(=O)N2CCOCC2)ccc1Cl. The average Bonchev–Trinajstić information content (AvgIpc) is 3.16. The summed E-state index contributed by atoms with van der Waals surface area (Å²) in [7, 11) is -3.65. The number of morpholine rings is 1. The van der Waals surface area contributed by atoms with Crippen LogP contribution in [0.25, 0.3) is 0 Å². The van der Waals surface area contributed by atoms with E-state index in [0.717, 1.165) is 25.7 Å². The molecule has 9 heteroatoms. The van der Waals surface area contributed by atoms with Crippen LogP contribution in [0.2, 0.25) is 5.02 Å². The fraction of sp³-hybridized carbons (Fsp3) is 0.471. The van der Waals surface area contributed by atoms with E-state index in [2.05, 4.69) is 10.6 Å². The number of rotatable bonds is 4. The van der Waals surface area contributed by atoms with Gasteiger partial charge in [0.25, 0.3) is 0 Å². The molecule has 2 fully saturated rings. The Hall–Kier alpha value is -1.61. The van der Waals surface area contributed by atoms with E-state index in [-0.39, 0.29) is 15.6 Å². The third-order valence-electron chi connectivity index (χ3n) is 4.45. The lowest BCUT2D eigenvalue weighted by atomic mass is 10.2. The van der Waals surface area contributed by atoms with Crippen LogP contribution in [0.4, 0.5) is 10.5 Å². The van der Waals surface area contributed by atoms with Crippen LogP contribution in [0.15, 0.2) is 34.9 Å². The van der Waals surface area contributed by atoms with E-state index in [1.165, 1.54) is 28.1 Å². The summed E-state index contributed by atoms with van der Waals surface area (Å²) in [6.07, 6.45) is 5.98. The van der Waals surface area contributed by atoms with Crippen molar-refractivity contribution in [2.75, 3.05) is 31.6 Å². The first-order valence-corrected chi connectivity index (χ1v) is 10.4. The molecule has 1 aromatic rings. The zero-order chi connectivity index (χ0) is 18.6. The largest absolute Gasteiger partial charge is 0.379 e. The van der Waals surface area contributed by atoms with Gasteiger partial charge in [0.1, 0.15) is 0 Å². The molecule has 3 rings (SSSR count). The third kappa shape index (κ3) is 4.56. The Morgan fingerprint density at radius 2 is 1.88 bits per heavy atom. The van der Waals surface area contributed by atoms with Crippen LogP contribution < -0.4 is 10.6 Å². The van der Waals surface area contributed by atoms with Crippen LogP contribution >= 0.6 is 11.6 Å². The summed E-state index contributed by atoms with van der Waals surface area (Å²) in [5, 5.41) is 5.56. The molecular formula is C17H22ClN3O4S. The molecule has 1 aliphatic carbocycles. The van der Waals surface area contributed by atoms with Gasteiger partial charge in [0.15, 0.2) is 0 Å². The smallest absolute Gasteiger partial charge is 0.323 e. The van der Waals surface area contributed by atoms with Gasteiger partial charge in [-0.05, 0) is 43.9 Å². The molecule has 2 amide bonds. The number of allylic oxidation sites excluding steroid dienone is 1. The molecule has 0 radical (unpaired) electrons. The second-order valence-corrected chi connectivity index (χ2v) is 8.61. The monoisotopic (exact) mass is 399 g/mol. The maximum absolute atomic E-state index is 12.7. The van der Waals surface area contributed by atoms with Crippen LogP contribution in [0.5, 0.6) is 0 Å². The van der Waals surface area contributed by atoms with Gasteiger partial charge in [-0.3, -0.25) is 0 Å². The maximum atomic E-state index is 12.7. The molecular weight excluding hydrogens is 378 g/mol. The van der Waals surface area contributed by atoms with Gasteiger partial charge in [0.2, 0.25) is 10.0 Å². The predicted octanol–water partition coefficient (Wildman–Crippen LogP) is 2.94. The second kappa shape index (κ2) is 8.39. The minimum absolute atomic E-state index is 0.0910. The number of halogens is 1. The summed E-state index contributed by atoms with van der Waals surface area (Å²) >= 11 is 6.12. The van der Waals surface area contributed by atoms with E-state index < -0.39 is 16.1 Å². The normalized spacial score (nSPS) is 18.6. The van der Waals surface area contributed by atoms with E-state index in [1.807, 2.05) is 0 Å². The number of urea groups is 1. The van der Waals surface area contributed by atoms with Gasteiger partial charge in [0.05, 0.1) is 28.8 Å². The molecule has 0 atom stereocenters. The topological polar surface area (TPSA) is 87.7 Å². The number of hydrogen-bond acceptors (Lipinski definition) is 4. The van der Waals surface area contributed by atoms with Gasteiger partial charge in [-0.15, -0.1) is 0 Å². The quantitative estimate of drug-likeness (QED) is 0.814. The molecule has 1 aliphatic heterocycles. The molecule has 1 heterocycles. The summed E-state index contributed by atoms with van der Waals surface area (Å²) in [5.41, 5.74) is 1.46. The summed E-state index contributed by atoms with van der Waals surface area (Å²) < 4.78 is 32.0. The fourth-order valence-electron chi connectivity index (χ4n) is 3.00. The number of sulfonamides is 1. The van der Waals surface area contributed by atoms with E-state index in [1.54, 1.807) is 6.20 Å². The molecule has 0 spiro atoms. The number of anilines is 1. The number of amides is 2. The van der Waals surface area contributed by atoms with Crippen molar-refractivity contribution in [3.8, 4) is 0 Å². The summed E-state index contributed by atoms with van der Waals surface area (Å²) in [5.74, 6) is 0. The van der Waals surface area contributed by atoms with Crippen molar-refractivity contribution >= 4 is 33.3 Å². The van der Waals surface area contributed by atoms with Crippen LogP contribution in [0.3, 0.4) is 0 Å². The number of benzene rings is 1. The standard InChI is InChI=1S/C17H22ClN3O4S/c18-15-6-5-14(26(23,24)21-7-9-25-10-8-21)11-16(15)20-17(22)19-12-13-3-1-2-4-13/h5-6,11-12H,1-4,7-10H2,(H2,19,20,22). The van der Waals surface area contributed by atoms with E-state index in [9.17, 15) is 13.2 Å². The van der Waals surface area contributed by atoms with Gasteiger partial charge in [0, 0.05) is 19.3 Å². The lowest BCUT2D eigenvalue weighted by molar-refractivity contribution is 0.0730. The molecule has 1 aromatic carbocycles. The van der Waals surface area contributed by atoms with Crippen LogP contribution in [-0.2, 0) is 14.8 Å². The molecule has 0 aromatic heterocycles. The molecule has 0 unspecified atom stereocenters. The summed E-state index contributed by atoms with van der Waals surface area (Å²) in [4.78, 5) is 12.2. The Morgan fingerprint density at radius 1 is 1.19 bits per heavy atom. The first-order chi connectivity index (χ1) is 12.5. The zero-order valence-electron chi connectivity index (χ0n) is 14.3. The highest BCUT2D eigenvalue weighted by Gasteiger charge is 2.27. The minimum Gasteiger partial charge on any atom is -0.379 e. The Morgan fingerprint density at radius 3 is 2.58 bits per heavy atom. The molecule has 1 saturated carbocycles. The number of carbonyl (C=O) groups excluding carboxylic acids is 1. The Balaban J connectivity index is 1.72. The van der Waals surface area contributed by atoms with Crippen molar-refractivity contribution in [2.45, 2.75) is 30.6 Å². The molecule has 2 aliphatic rings. The Kier molecular flexibility index (Phi) is 6.18. The van der Waals surface area contributed by atoms with Gasteiger partial charge in [-0.2, -0.15) is 4.31 Å². The van der Waals surface area contributed by atoms with Crippen molar-refractivity contribution in [1.82, 2.24) is 9.62 Å². The summed E-state index contributed by atoms with van der Waals surface area (Å²) in [6, 6.07) is 3.85. The number of carbonyl (C=O) groups is 1. The molecule has 142 valence electrons. The van der Waals surface area contributed by atoms with E-state index in [4.69, 9.17) is 16.3 Å². The minimum atomic E-state index is -3.65. The highest BCUT2D eigenvalue weighted by molar-refractivity contribution is 7.89. The van der Waals surface area contributed by atoms with Crippen molar-refractivity contribution in [3.63, 3.8) is 0 Å². The van der Waals surface area contributed by atoms with Gasteiger partial charge in [-0.25, -0.2) is 13.2 Å². The van der Waals surface area contributed by atoms with E-state index >= 15 is 0 Å². The molecule has 1 saturated heterocycles. The first kappa shape index (κ1) is 19.2. The van der Waals surface area contributed by atoms with Crippen molar-refractivity contribution in [1.29, 1.82) is 0 Å². The van der Waals surface area contributed by atoms with Gasteiger partial charge >= 0.3 is 6.03 Å². The predicted molar refractivity (Wildman–Crippen MR) is 99.7 cm³/mol. The van der Waals surface area contributed by atoms with Crippen molar-refractivity contribution in [3.05, 3.63) is 35.0 Å². The van der Waals surface area contributed by atoms with Crippen LogP contribution in [0.1, 0.15) is 25.7 Å². The van der Waals surface area contributed by atoms with Crippen molar-refractivity contribution < 1.29 is 17.9 Å². The van der Waals surface area contributed by atoms with Crippen LogP contribution in [0, 0.1) is 0 Å². The van der Waals surface area contributed by atoms with Crippen LogP contribution in [-0.4, -0.2) is 45.1 Å². The fourth-order valence-corrected chi connectivity index (χ4v) is 4.60. The number of nitrogens with zero attached hydrogens (tertiary/aromatic N) is 1. The van der Waals surface area contributed by atoms with Gasteiger partial charge in [-0.1, -0.05) is 17.2 Å². The molecule has 7 nitrogen and oxygen atoms in total. The first-order valence-electron chi connectivity index (χ1n) is 8.60. The lowest BCUT2D eigenvalue weighted by Crippen LogP contribution is -2.40. The third-order valence-corrected chi connectivity index (χ3v) is 6.67. The molecule has 26 heavy (non-hydrogen) atoms. The van der Waals surface area contributed by atoms with Crippen molar-refractivity contribution in [2.24, 2.45) is 0 Å². The highest BCUT2D eigenvalue weighted by Crippen LogP contribution is 2.27.